The van der Waals surface area contributed by atoms with E-state index in [1.165, 1.54) is 11.1 Å². The van der Waals surface area contributed by atoms with Crippen LogP contribution in [0, 0.1) is 0 Å². The van der Waals surface area contributed by atoms with Crippen LogP contribution in [0.5, 0.6) is 11.5 Å². The highest BCUT2D eigenvalue weighted by atomic mass is 16.3. The highest BCUT2D eigenvalue weighted by molar-refractivity contribution is 5.71. The Morgan fingerprint density at radius 3 is 2.10 bits per heavy atom. The smallest absolute Gasteiger partial charge is 0.146 e. The van der Waals surface area contributed by atoms with E-state index in [1.54, 1.807) is 12.1 Å². The fourth-order valence-corrected chi connectivity index (χ4v) is 2.85. The van der Waals surface area contributed by atoms with Gasteiger partial charge in [-0.3, -0.25) is 0 Å². The summed E-state index contributed by atoms with van der Waals surface area (Å²) < 4.78 is 0. The summed E-state index contributed by atoms with van der Waals surface area (Å²) in [7, 11) is 0. The number of hydrogen-bond acceptors (Lipinski definition) is 3. The lowest BCUT2D eigenvalue weighted by Crippen LogP contribution is -2.15. The monoisotopic (exact) mass is 269 g/mol. The molecule has 2 aromatic rings. The summed E-state index contributed by atoms with van der Waals surface area (Å²) in [6.45, 7) is 5.51. The number of anilines is 1. The standard InChI is InChI=1S/C17H19NO2/c1-11(2)14-7-8-15(19)16(17(14)20)18-9-12-5-3-4-6-13(12)10-18/h3-8,11,19-20H,9-10H2,1-2H3. The first-order chi connectivity index (χ1) is 9.58. The molecule has 3 nitrogen and oxygen atoms in total. The largest absolute Gasteiger partial charge is 0.506 e. The molecule has 0 unspecified atom stereocenters. The zero-order valence-electron chi connectivity index (χ0n) is 11.8. The molecule has 1 aliphatic rings. The molecule has 0 aromatic heterocycles. The minimum Gasteiger partial charge on any atom is -0.506 e. The summed E-state index contributed by atoms with van der Waals surface area (Å²) >= 11 is 0. The summed E-state index contributed by atoms with van der Waals surface area (Å²) in [5.41, 5.74) is 3.92. The van der Waals surface area contributed by atoms with E-state index < -0.39 is 0 Å². The third-order valence-corrected chi connectivity index (χ3v) is 3.94. The molecule has 1 heterocycles. The zero-order chi connectivity index (χ0) is 14.3. The first kappa shape index (κ1) is 12.9. The maximum atomic E-state index is 10.5. The van der Waals surface area contributed by atoms with Gasteiger partial charge in [-0.15, -0.1) is 0 Å². The second-order valence-electron chi connectivity index (χ2n) is 5.65. The van der Waals surface area contributed by atoms with Gasteiger partial charge in [0.1, 0.15) is 17.2 Å². The third kappa shape index (κ3) is 1.99. The van der Waals surface area contributed by atoms with Gasteiger partial charge in [-0.1, -0.05) is 44.2 Å². The Morgan fingerprint density at radius 1 is 0.950 bits per heavy atom. The van der Waals surface area contributed by atoms with Crippen molar-refractivity contribution in [3.8, 4) is 11.5 Å². The van der Waals surface area contributed by atoms with Gasteiger partial charge in [0, 0.05) is 13.1 Å². The molecule has 2 aromatic carbocycles. The number of fused-ring (bicyclic) bond motifs is 1. The van der Waals surface area contributed by atoms with Crippen LogP contribution in [0.15, 0.2) is 36.4 Å². The topological polar surface area (TPSA) is 43.7 Å². The number of hydrogen-bond donors (Lipinski definition) is 2. The molecule has 0 radical (unpaired) electrons. The van der Waals surface area contributed by atoms with Crippen molar-refractivity contribution in [2.24, 2.45) is 0 Å². The quantitative estimate of drug-likeness (QED) is 0.872. The summed E-state index contributed by atoms with van der Waals surface area (Å²) in [5.74, 6) is 0.562. The van der Waals surface area contributed by atoms with Crippen molar-refractivity contribution < 1.29 is 10.2 Å². The minimum atomic E-state index is 0.139. The highest BCUT2D eigenvalue weighted by Gasteiger charge is 2.25. The first-order valence-corrected chi connectivity index (χ1v) is 6.94. The molecule has 3 rings (SSSR count). The second kappa shape index (κ2) is 4.75. The van der Waals surface area contributed by atoms with Crippen LogP contribution in [-0.2, 0) is 13.1 Å². The average Bonchev–Trinajstić information content (AvgIpc) is 2.81. The Kier molecular flexibility index (Phi) is 3.05. The van der Waals surface area contributed by atoms with E-state index in [4.69, 9.17) is 0 Å². The Hall–Kier alpha value is -2.16. The fraction of sp³-hybridized carbons (Fsp3) is 0.294. The summed E-state index contributed by atoms with van der Waals surface area (Å²) in [6, 6.07) is 11.7. The van der Waals surface area contributed by atoms with E-state index in [9.17, 15) is 10.2 Å². The van der Waals surface area contributed by atoms with Crippen molar-refractivity contribution in [3.63, 3.8) is 0 Å². The molecular weight excluding hydrogens is 250 g/mol. The summed E-state index contributed by atoms with van der Waals surface area (Å²) in [6.07, 6.45) is 0. The van der Waals surface area contributed by atoms with Crippen molar-refractivity contribution in [2.45, 2.75) is 32.9 Å². The minimum absolute atomic E-state index is 0.139. The molecule has 0 amide bonds. The van der Waals surface area contributed by atoms with E-state index in [-0.39, 0.29) is 17.4 Å². The predicted octanol–water partition coefficient (Wildman–Crippen LogP) is 3.74. The van der Waals surface area contributed by atoms with E-state index in [0.717, 1.165) is 18.7 Å². The van der Waals surface area contributed by atoms with Gasteiger partial charge in [-0.2, -0.15) is 0 Å². The summed E-state index contributed by atoms with van der Waals surface area (Å²) in [5, 5.41) is 20.6. The Morgan fingerprint density at radius 2 is 1.55 bits per heavy atom. The lowest BCUT2D eigenvalue weighted by molar-refractivity contribution is 0.442. The van der Waals surface area contributed by atoms with Crippen molar-refractivity contribution >= 4 is 5.69 Å². The molecule has 104 valence electrons. The Bertz CT molecular complexity index is 624. The van der Waals surface area contributed by atoms with Crippen molar-refractivity contribution in [3.05, 3.63) is 53.1 Å². The van der Waals surface area contributed by atoms with Crippen LogP contribution in [0.25, 0.3) is 0 Å². The lowest BCUT2D eigenvalue weighted by Gasteiger charge is -2.22. The fourth-order valence-electron chi connectivity index (χ4n) is 2.85. The number of phenolic OH excluding ortho intramolecular Hbond substituents is 2. The number of aromatic hydroxyl groups is 2. The highest BCUT2D eigenvalue weighted by Crippen LogP contribution is 2.44. The van der Waals surface area contributed by atoms with Crippen molar-refractivity contribution in [1.29, 1.82) is 0 Å². The Balaban J connectivity index is 2.02. The van der Waals surface area contributed by atoms with Crippen molar-refractivity contribution in [1.82, 2.24) is 0 Å². The van der Waals surface area contributed by atoms with Crippen LogP contribution in [0.4, 0.5) is 5.69 Å². The average molecular weight is 269 g/mol. The van der Waals surface area contributed by atoms with Gasteiger partial charge < -0.3 is 15.1 Å². The summed E-state index contributed by atoms with van der Waals surface area (Å²) in [4.78, 5) is 2.03. The van der Waals surface area contributed by atoms with Gasteiger partial charge in [0.25, 0.3) is 0 Å². The van der Waals surface area contributed by atoms with E-state index in [1.807, 2.05) is 30.9 Å². The lowest BCUT2D eigenvalue weighted by atomic mass is 10.0. The van der Waals surface area contributed by atoms with Gasteiger partial charge >= 0.3 is 0 Å². The zero-order valence-corrected chi connectivity index (χ0v) is 11.8. The molecule has 20 heavy (non-hydrogen) atoms. The maximum Gasteiger partial charge on any atom is 0.146 e. The molecule has 3 heteroatoms. The van der Waals surface area contributed by atoms with Gasteiger partial charge in [-0.25, -0.2) is 0 Å². The molecule has 0 bridgehead atoms. The molecule has 0 atom stereocenters. The van der Waals surface area contributed by atoms with Crippen molar-refractivity contribution in [2.75, 3.05) is 4.90 Å². The van der Waals surface area contributed by atoms with Crippen LogP contribution in [0.2, 0.25) is 0 Å². The molecule has 0 spiro atoms. The van der Waals surface area contributed by atoms with Crippen LogP contribution in [-0.4, -0.2) is 10.2 Å². The third-order valence-electron chi connectivity index (χ3n) is 3.94. The molecule has 0 saturated carbocycles. The maximum absolute atomic E-state index is 10.5. The number of benzene rings is 2. The SMILES string of the molecule is CC(C)c1ccc(O)c(N2Cc3ccccc3C2)c1O. The van der Waals surface area contributed by atoms with Gasteiger partial charge in [0.2, 0.25) is 0 Å². The van der Waals surface area contributed by atoms with E-state index in [2.05, 4.69) is 12.1 Å². The molecule has 0 aliphatic carbocycles. The first-order valence-electron chi connectivity index (χ1n) is 6.94. The molecule has 0 fully saturated rings. The van der Waals surface area contributed by atoms with Gasteiger partial charge in [0.15, 0.2) is 0 Å². The van der Waals surface area contributed by atoms with Crippen LogP contribution >= 0.6 is 0 Å². The number of phenols is 2. The molecule has 0 saturated heterocycles. The van der Waals surface area contributed by atoms with E-state index >= 15 is 0 Å². The van der Waals surface area contributed by atoms with E-state index in [0.29, 0.717) is 5.69 Å². The molecule has 2 N–H and O–H groups in total. The number of nitrogens with zero attached hydrogens (tertiary/aromatic N) is 1. The number of rotatable bonds is 2. The molecule has 1 aliphatic heterocycles. The van der Waals surface area contributed by atoms with Crippen LogP contribution in [0.3, 0.4) is 0 Å². The van der Waals surface area contributed by atoms with Gasteiger partial charge in [0.05, 0.1) is 0 Å². The predicted molar refractivity (Wildman–Crippen MR) is 80.2 cm³/mol. The Labute approximate surface area is 119 Å². The van der Waals surface area contributed by atoms with Gasteiger partial charge in [-0.05, 0) is 28.7 Å². The molecular formula is C17H19NO2. The second-order valence-corrected chi connectivity index (χ2v) is 5.65. The van der Waals surface area contributed by atoms with Crippen LogP contribution < -0.4 is 4.90 Å². The normalized spacial score (nSPS) is 13.8. The van der Waals surface area contributed by atoms with Crippen LogP contribution in [0.1, 0.15) is 36.5 Å².